The number of pyridine rings is 1. The molecule has 0 aliphatic carbocycles. The Bertz CT molecular complexity index is 361. The topological polar surface area (TPSA) is 65.5 Å². The van der Waals surface area contributed by atoms with E-state index < -0.39 is 12.1 Å². The van der Waals surface area contributed by atoms with E-state index in [-0.39, 0.29) is 6.61 Å². The van der Waals surface area contributed by atoms with Crippen molar-refractivity contribution in [2.45, 2.75) is 20.0 Å². The molecule has 1 unspecified atom stereocenters. The van der Waals surface area contributed by atoms with Gasteiger partial charge in [-0.15, -0.1) is 0 Å². The Morgan fingerprint density at radius 2 is 2.31 bits per heavy atom. The number of aromatic nitrogens is 1. The minimum absolute atomic E-state index is 0.207. The van der Waals surface area contributed by atoms with Crippen molar-refractivity contribution in [1.82, 2.24) is 4.98 Å². The highest BCUT2D eigenvalue weighted by Crippen LogP contribution is 2.10. The fourth-order valence-corrected chi connectivity index (χ4v) is 1.03. The van der Waals surface area contributed by atoms with E-state index in [1.54, 1.807) is 19.1 Å². The highest BCUT2D eigenvalue weighted by Gasteiger charge is 2.20. The van der Waals surface area contributed by atoms with Gasteiger partial charge < -0.3 is 9.47 Å². The third-order valence-electron chi connectivity index (χ3n) is 1.79. The minimum atomic E-state index is -1.23. The largest absolute Gasteiger partial charge is 0.469 e. The van der Waals surface area contributed by atoms with E-state index in [0.29, 0.717) is 12.0 Å². The molecule has 0 aromatic carbocycles. The van der Waals surface area contributed by atoms with Gasteiger partial charge in [-0.2, -0.15) is 0 Å². The van der Waals surface area contributed by atoms with Gasteiger partial charge in [0.15, 0.2) is 6.29 Å². The molecule has 5 heteroatoms. The highest BCUT2D eigenvalue weighted by atomic mass is 16.6. The van der Waals surface area contributed by atoms with Gasteiger partial charge in [-0.1, -0.05) is 0 Å². The maximum atomic E-state index is 11.2. The molecule has 1 atom stereocenters. The van der Waals surface area contributed by atoms with Gasteiger partial charge in [0.25, 0.3) is 0 Å². The van der Waals surface area contributed by atoms with Crippen molar-refractivity contribution in [3.63, 3.8) is 0 Å². The summed E-state index contributed by atoms with van der Waals surface area (Å²) in [6, 6.07) is 3.36. The van der Waals surface area contributed by atoms with Gasteiger partial charge in [0.2, 0.25) is 6.10 Å². The Morgan fingerprint density at radius 3 is 2.81 bits per heavy atom. The molecule has 0 amide bonds. The van der Waals surface area contributed by atoms with E-state index in [1.807, 2.05) is 6.92 Å². The number of aldehydes is 1. The zero-order chi connectivity index (χ0) is 12.0. The number of nitrogens with zero attached hydrogens (tertiary/aromatic N) is 1. The van der Waals surface area contributed by atoms with Crippen molar-refractivity contribution in [3.05, 3.63) is 24.0 Å². The monoisotopic (exact) mass is 223 g/mol. The second-order valence-electron chi connectivity index (χ2n) is 3.06. The fraction of sp³-hybridized carbons (Fsp3) is 0.364. The summed E-state index contributed by atoms with van der Waals surface area (Å²) >= 11 is 0. The smallest absolute Gasteiger partial charge is 0.354 e. The van der Waals surface area contributed by atoms with E-state index >= 15 is 0 Å². The Kier molecular flexibility index (Phi) is 4.44. The summed E-state index contributed by atoms with van der Waals surface area (Å²) in [7, 11) is 0. The van der Waals surface area contributed by atoms with Crippen molar-refractivity contribution in [1.29, 1.82) is 0 Å². The van der Waals surface area contributed by atoms with Crippen LogP contribution in [0.5, 0.6) is 5.75 Å². The van der Waals surface area contributed by atoms with Crippen LogP contribution in [-0.2, 0) is 14.3 Å². The van der Waals surface area contributed by atoms with Crippen molar-refractivity contribution in [3.8, 4) is 5.75 Å². The lowest BCUT2D eigenvalue weighted by molar-refractivity contribution is -0.152. The molecule has 0 bridgehead atoms. The number of esters is 1. The molecule has 0 saturated carbocycles. The molecule has 86 valence electrons. The molecule has 0 saturated heterocycles. The maximum Gasteiger partial charge on any atom is 0.354 e. The van der Waals surface area contributed by atoms with E-state index in [2.05, 4.69) is 9.72 Å². The van der Waals surface area contributed by atoms with Gasteiger partial charge in [0.05, 0.1) is 12.8 Å². The lowest BCUT2D eigenvalue weighted by Crippen LogP contribution is -2.30. The van der Waals surface area contributed by atoms with Gasteiger partial charge >= 0.3 is 5.97 Å². The highest BCUT2D eigenvalue weighted by molar-refractivity contribution is 5.91. The van der Waals surface area contributed by atoms with E-state index in [4.69, 9.17) is 4.74 Å². The summed E-state index contributed by atoms with van der Waals surface area (Å²) in [6.45, 7) is 3.69. The summed E-state index contributed by atoms with van der Waals surface area (Å²) < 4.78 is 9.80. The van der Waals surface area contributed by atoms with Crippen LogP contribution in [0, 0.1) is 6.92 Å². The lowest BCUT2D eigenvalue weighted by atomic mass is 10.3. The van der Waals surface area contributed by atoms with Crippen molar-refractivity contribution in [2.24, 2.45) is 0 Å². The van der Waals surface area contributed by atoms with Gasteiger partial charge in [-0.05, 0) is 26.0 Å². The Hall–Kier alpha value is -1.91. The van der Waals surface area contributed by atoms with Gasteiger partial charge in [0, 0.05) is 5.69 Å². The zero-order valence-corrected chi connectivity index (χ0v) is 9.17. The molecule has 0 aliphatic rings. The standard InChI is InChI=1S/C11H13NO4/c1-3-15-11(14)10(7-13)16-9-5-4-8(2)12-6-9/h4-7,10H,3H2,1-2H3. The quantitative estimate of drug-likeness (QED) is 0.421. The second-order valence-corrected chi connectivity index (χ2v) is 3.06. The van der Waals surface area contributed by atoms with Gasteiger partial charge in [-0.25, -0.2) is 4.79 Å². The molecular weight excluding hydrogens is 210 g/mol. The Morgan fingerprint density at radius 1 is 1.56 bits per heavy atom. The molecular formula is C11H13NO4. The minimum Gasteiger partial charge on any atom is -0.469 e. The third kappa shape index (κ3) is 3.34. The predicted molar refractivity (Wildman–Crippen MR) is 56.1 cm³/mol. The third-order valence-corrected chi connectivity index (χ3v) is 1.79. The Balaban J connectivity index is 2.66. The summed E-state index contributed by atoms with van der Waals surface area (Å²) in [5.41, 5.74) is 0.825. The molecule has 1 aromatic rings. The predicted octanol–water partition coefficient (Wildman–Crippen LogP) is 0.899. The van der Waals surface area contributed by atoms with Crippen LogP contribution >= 0.6 is 0 Å². The van der Waals surface area contributed by atoms with Crippen LogP contribution in [0.4, 0.5) is 0 Å². The number of rotatable bonds is 5. The maximum absolute atomic E-state index is 11.2. The average Bonchev–Trinajstić information content (AvgIpc) is 2.28. The second kappa shape index (κ2) is 5.85. The summed E-state index contributed by atoms with van der Waals surface area (Å²) in [4.78, 5) is 25.9. The summed E-state index contributed by atoms with van der Waals surface area (Å²) in [5.74, 6) is -0.339. The van der Waals surface area contributed by atoms with Crippen LogP contribution < -0.4 is 4.74 Å². The molecule has 1 aromatic heterocycles. The van der Waals surface area contributed by atoms with Crippen LogP contribution in [0.1, 0.15) is 12.6 Å². The number of carbonyl (C=O) groups excluding carboxylic acids is 2. The average molecular weight is 223 g/mol. The van der Waals surface area contributed by atoms with Crippen LogP contribution in [0.25, 0.3) is 0 Å². The zero-order valence-electron chi connectivity index (χ0n) is 9.17. The van der Waals surface area contributed by atoms with Crippen LogP contribution in [0.3, 0.4) is 0 Å². The number of aryl methyl sites for hydroxylation is 1. The van der Waals surface area contributed by atoms with Crippen molar-refractivity contribution < 1.29 is 19.1 Å². The number of carbonyl (C=O) groups is 2. The number of hydrogen-bond donors (Lipinski definition) is 0. The van der Waals surface area contributed by atoms with E-state index in [0.717, 1.165) is 5.69 Å². The lowest BCUT2D eigenvalue weighted by Gasteiger charge is -2.11. The molecule has 0 spiro atoms. The molecule has 0 fully saturated rings. The normalized spacial score (nSPS) is 11.6. The molecule has 1 heterocycles. The van der Waals surface area contributed by atoms with Crippen molar-refractivity contribution >= 4 is 12.3 Å². The van der Waals surface area contributed by atoms with Crippen LogP contribution in [0.2, 0.25) is 0 Å². The van der Waals surface area contributed by atoms with Crippen LogP contribution in [-0.4, -0.2) is 30.0 Å². The summed E-state index contributed by atoms with van der Waals surface area (Å²) in [6.07, 6.45) is 0.618. The molecule has 1 rings (SSSR count). The molecule has 16 heavy (non-hydrogen) atoms. The van der Waals surface area contributed by atoms with Crippen molar-refractivity contribution in [2.75, 3.05) is 6.61 Å². The first kappa shape index (κ1) is 12.2. The van der Waals surface area contributed by atoms with Crippen LogP contribution in [0.15, 0.2) is 18.3 Å². The number of hydrogen-bond acceptors (Lipinski definition) is 5. The molecule has 0 radical (unpaired) electrons. The first-order chi connectivity index (χ1) is 7.67. The fourth-order valence-electron chi connectivity index (χ4n) is 1.03. The first-order valence-electron chi connectivity index (χ1n) is 4.88. The number of ether oxygens (including phenoxy) is 2. The molecule has 0 N–H and O–H groups in total. The SMILES string of the molecule is CCOC(=O)C(C=O)Oc1ccc(C)nc1. The van der Waals surface area contributed by atoms with Gasteiger partial charge in [0.1, 0.15) is 5.75 Å². The molecule has 5 nitrogen and oxygen atoms in total. The van der Waals surface area contributed by atoms with Gasteiger partial charge in [-0.3, -0.25) is 9.78 Å². The summed E-state index contributed by atoms with van der Waals surface area (Å²) in [5, 5.41) is 0. The molecule has 0 aliphatic heterocycles. The Labute approximate surface area is 93.4 Å². The first-order valence-corrected chi connectivity index (χ1v) is 4.88. The van der Waals surface area contributed by atoms with E-state index in [1.165, 1.54) is 6.20 Å². The van der Waals surface area contributed by atoms with E-state index in [9.17, 15) is 9.59 Å².